The number of non-ortho nitro benzene ring substituents is 1. The van der Waals surface area contributed by atoms with E-state index in [-0.39, 0.29) is 27.5 Å². The number of nitro groups is 1. The molecule has 1 heterocycles. The summed E-state index contributed by atoms with van der Waals surface area (Å²) >= 11 is 7.05. The highest BCUT2D eigenvalue weighted by Gasteiger charge is 2.21. The number of nitro benzene ring substituents is 1. The lowest BCUT2D eigenvalue weighted by molar-refractivity contribution is -0.384. The second kappa shape index (κ2) is 8.61. The van der Waals surface area contributed by atoms with Crippen molar-refractivity contribution in [3.8, 4) is 5.75 Å². The molecule has 0 spiro atoms. The molecule has 2 aromatic carbocycles. The smallest absolute Gasteiger partial charge is 0.297 e. The molecule has 0 saturated heterocycles. The first-order chi connectivity index (χ1) is 13.4. The summed E-state index contributed by atoms with van der Waals surface area (Å²) in [5.41, 5.74) is -2.48. The number of rotatable bonds is 8. The van der Waals surface area contributed by atoms with Gasteiger partial charge in [-0.05, 0) is 49.4 Å². The van der Waals surface area contributed by atoms with Crippen molar-refractivity contribution in [2.75, 3.05) is 12.4 Å². The van der Waals surface area contributed by atoms with Gasteiger partial charge in [-0.2, -0.15) is 0 Å². The maximum atomic E-state index is 12.9. The molecule has 1 aromatic heterocycles. The monoisotopic (exact) mass is 439 g/mol. The van der Waals surface area contributed by atoms with Crippen molar-refractivity contribution in [1.82, 2.24) is 0 Å². The molecule has 1 atom stereocenters. The first kappa shape index (κ1) is 20.8. The zero-order chi connectivity index (χ0) is 20.3. The van der Waals surface area contributed by atoms with Crippen molar-refractivity contribution in [2.45, 2.75) is 20.3 Å². The summed E-state index contributed by atoms with van der Waals surface area (Å²) in [6.45, 7) is 4.33. The normalized spacial score (nSPS) is 13.5. The third-order valence-corrected chi connectivity index (χ3v) is 9.23. The Morgan fingerprint density at radius 1 is 1.18 bits per heavy atom. The highest BCUT2D eigenvalue weighted by molar-refractivity contribution is 8.68. The molecule has 0 aliphatic carbocycles. The van der Waals surface area contributed by atoms with E-state index in [2.05, 4.69) is 0 Å². The molecule has 3 rings (SSSR count). The molecular formula is C18H18NO6PS2. The second-order valence-electron chi connectivity index (χ2n) is 5.82. The Hall–Kier alpha value is -1.93. The average molecular weight is 439 g/mol. The fraction of sp³-hybridized carbons (Fsp3) is 0.278. The molecule has 0 radical (unpaired) electrons. The van der Waals surface area contributed by atoms with Crippen LogP contribution in [0.3, 0.4) is 0 Å². The first-order valence-electron chi connectivity index (χ1n) is 8.60. The summed E-state index contributed by atoms with van der Waals surface area (Å²) in [6, 6.07) is 8.80. The Bertz CT molecular complexity index is 1150. The summed E-state index contributed by atoms with van der Waals surface area (Å²) in [5, 5.41) is 11.4. The molecule has 1 unspecified atom stereocenters. The molecule has 7 nitrogen and oxygen atoms in total. The molecule has 148 valence electrons. The fourth-order valence-electron chi connectivity index (χ4n) is 2.57. The molecule has 0 fully saturated rings. The maximum Gasteiger partial charge on any atom is 0.297 e. The molecule has 3 aromatic rings. The van der Waals surface area contributed by atoms with Gasteiger partial charge in [0.25, 0.3) is 11.4 Å². The van der Waals surface area contributed by atoms with E-state index >= 15 is 0 Å². The largest absolute Gasteiger partial charge is 0.456 e. The van der Waals surface area contributed by atoms with Crippen molar-refractivity contribution >= 4 is 56.5 Å². The van der Waals surface area contributed by atoms with Gasteiger partial charge < -0.3 is 13.5 Å². The van der Waals surface area contributed by atoms with Gasteiger partial charge in [0.05, 0.1) is 22.3 Å². The Labute approximate surface area is 170 Å². The summed E-state index contributed by atoms with van der Waals surface area (Å²) in [6.07, 6.45) is 0.936. The third-order valence-electron chi connectivity index (χ3n) is 3.79. The lowest BCUT2D eigenvalue weighted by atomic mass is 10.1. The van der Waals surface area contributed by atoms with Crippen LogP contribution >= 0.6 is 17.1 Å². The van der Waals surface area contributed by atoms with Crippen molar-refractivity contribution in [3.05, 3.63) is 56.7 Å². The van der Waals surface area contributed by atoms with Gasteiger partial charge in [-0.3, -0.25) is 14.9 Å². The summed E-state index contributed by atoms with van der Waals surface area (Å²) in [5.74, 6) is 1.21. The molecule has 10 heteroatoms. The maximum absolute atomic E-state index is 12.9. The Kier molecular flexibility index (Phi) is 6.40. The van der Waals surface area contributed by atoms with Gasteiger partial charge in [0.2, 0.25) is 5.43 Å². The second-order valence-corrected chi connectivity index (χ2v) is 12.2. The molecule has 0 amide bonds. The molecule has 0 aliphatic heterocycles. The van der Waals surface area contributed by atoms with Crippen LogP contribution in [-0.2, 0) is 16.3 Å². The summed E-state index contributed by atoms with van der Waals surface area (Å²) < 4.78 is 17.4. The standard InChI is InChI=1S/C18H18NO6PS2/c1-3-9-28-26(27,23-4-2)25-13-6-8-17-15(11-13)18(20)14-10-12(19(21)22)5-7-16(14)24-17/h5-8,10-11H,3-4,9H2,1-2H3. The molecule has 0 bridgehead atoms. The lowest BCUT2D eigenvalue weighted by Crippen LogP contribution is -2.03. The first-order valence-corrected chi connectivity index (χ1v) is 12.8. The van der Waals surface area contributed by atoms with Gasteiger partial charge in [-0.1, -0.05) is 18.3 Å². The van der Waals surface area contributed by atoms with Gasteiger partial charge in [0.15, 0.2) is 0 Å². The minimum Gasteiger partial charge on any atom is -0.456 e. The zero-order valence-corrected chi connectivity index (χ0v) is 17.8. The number of benzene rings is 2. The van der Waals surface area contributed by atoms with Crippen LogP contribution in [0.25, 0.3) is 21.9 Å². The van der Waals surface area contributed by atoms with Crippen LogP contribution in [0.2, 0.25) is 0 Å². The van der Waals surface area contributed by atoms with Crippen LogP contribution in [0.1, 0.15) is 20.3 Å². The average Bonchev–Trinajstić information content (AvgIpc) is 2.67. The van der Waals surface area contributed by atoms with Crippen LogP contribution < -0.4 is 9.95 Å². The predicted molar refractivity (Wildman–Crippen MR) is 116 cm³/mol. The molecule has 28 heavy (non-hydrogen) atoms. The van der Waals surface area contributed by atoms with Crippen molar-refractivity contribution < 1.29 is 18.4 Å². The van der Waals surface area contributed by atoms with Crippen LogP contribution in [0.15, 0.2) is 45.6 Å². The SMILES string of the molecule is CCCSP(=S)(OCC)Oc1ccc2oc3ccc([N+](=O)[O-])cc3c(=O)c2c1. The minimum absolute atomic E-state index is 0.142. The number of hydrogen-bond donors (Lipinski definition) is 0. The third kappa shape index (κ3) is 4.38. The van der Waals surface area contributed by atoms with Gasteiger partial charge in [0.1, 0.15) is 16.9 Å². The molecule has 0 saturated carbocycles. The van der Waals surface area contributed by atoms with Crippen LogP contribution in [0.4, 0.5) is 5.69 Å². The van der Waals surface area contributed by atoms with Crippen LogP contribution in [0.5, 0.6) is 5.75 Å². The van der Waals surface area contributed by atoms with Crippen LogP contribution in [-0.4, -0.2) is 17.3 Å². The van der Waals surface area contributed by atoms with Gasteiger partial charge in [-0.25, -0.2) is 0 Å². The molecular weight excluding hydrogens is 421 g/mol. The highest BCUT2D eigenvalue weighted by Crippen LogP contribution is 2.60. The number of nitrogens with zero attached hydrogens (tertiary/aromatic N) is 1. The van der Waals surface area contributed by atoms with Gasteiger partial charge >= 0.3 is 0 Å². The van der Waals surface area contributed by atoms with E-state index < -0.39 is 10.6 Å². The molecule has 0 N–H and O–H groups in total. The van der Waals surface area contributed by atoms with E-state index in [4.69, 9.17) is 25.3 Å². The van der Waals surface area contributed by atoms with Crippen molar-refractivity contribution in [2.24, 2.45) is 0 Å². The number of fused-ring (bicyclic) bond motifs is 2. The van der Waals surface area contributed by atoms with Crippen molar-refractivity contribution in [3.63, 3.8) is 0 Å². The summed E-state index contributed by atoms with van der Waals surface area (Å²) in [4.78, 5) is 23.3. The highest BCUT2D eigenvalue weighted by atomic mass is 32.9. The lowest BCUT2D eigenvalue weighted by Gasteiger charge is -2.21. The van der Waals surface area contributed by atoms with E-state index in [1.54, 1.807) is 18.2 Å². The summed E-state index contributed by atoms with van der Waals surface area (Å²) in [7, 11) is 0. The zero-order valence-electron chi connectivity index (χ0n) is 15.2. The fourth-order valence-corrected chi connectivity index (χ4v) is 7.27. The Balaban J connectivity index is 2.07. The quantitative estimate of drug-likeness (QED) is 0.193. The van der Waals surface area contributed by atoms with E-state index in [0.717, 1.165) is 12.2 Å². The number of hydrogen-bond acceptors (Lipinski definition) is 8. The van der Waals surface area contributed by atoms with Gasteiger partial charge in [0, 0.05) is 17.9 Å². The van der Waals surface area contributed by atoms with E-state index in [1.807, 2.05) is 13.8 Å². The van der Waals surface area contributed by atoms with E-state index in [0.29, 0.717) is 17.9 Å². The van der Waals surface area contributed by atoms with Gasteiger partial charge in [-0.15, -0.1) is 0 Å². The molecule has 0 aliphatic rings. The predicted octanol–water partition coefficient (Wildman–Crippen LogP) is 5.64. The van der Waals surface area contributed by atoms with Crippen molar-refractivity contribution in [1.29, 1.82) is 0 Å². The topological polar surface area (TPSA) is 91.8 Å². The Morgan fingerprint density at radius 2 is 1.86 bits per heavy atom. The van der Waals surface area contributed by atoms with E-state index in [1.165, 1.54) is 29.6 Å². The Morgan fingerprint density at radius 3 is 2.50 bits per heavy atom. The van der Waals surface area contributed by atoms with E-state index in [9.17, 15) is 14.9 Å². The van der Waals surface area contributed by atoms with Crippen LogP contribution in [0, 0.1) is 10.1 Å². The minimum atomic E-state index is -2.59.